The van der Waals surface area contributed by atoms with Crippen LogP contribution in [0.2, 0.25) is 0 Å². The number of aliphatic hydroxyl groups excluding tert-OH is 1. The van der Waals surface area contributed by atoms with Crippen LogP contribution in [-0.4, -0.2) is 35.1 Å². The number of amides is 1. The number of rotatable bonds is 7. The van der Waals surface area contributed by atoms with Crippen molar-refractivity contribution in [2.24, 2.45) is 11.3 Å². The highest BCUT2D eigenvalue weighted by Crippen LogP contribution is 2.41. The van der Waals surface area contributed by atoms with E-state index in [-0.39, 0.29) is 16.7 Å². The molecule has 0 saturated carbocycles. The van der Waals surface area contributed by atoms with Gasteiger partial charge in [-0.05, 0) is 60.6 Å². The SMILES string of the molecule is CC(C)(C)C[C@H](CC(C)(C)NC(=O)O)[C@H](O)c1ccc(C(C)(C)C)cc1C1OCCO1. The molecule has 1 saturated heterocycles. The quantitative estimate of drug-likeness (QED) is 0.522. The average molecular weight is 436 g/mol. The summed E-state index contributed by atoms with van der Waals surface area (Å²) in [5.41, 5.74) is 2.05. The highest BCUT2D eigenvalue weighted by molar-refractivity contribution is 5.65. The molecule has 176 valence electrons. The van der Waals surface area contributed by atoms with Gasteiger partial charge in [-0.2, -0.15) is 0 Å². The lowest BCUT2D eigenvalue weighted by Gasteiger charge is -2.36. The van der Waals surface area contributed by atoms with Gasteiger partial charge in [0, 0.05) is 11.1 Å². The monoisotopic (exact) mass is 435 g/mol. The molecule has 1 fully saturated rings. The van der Waals surface area contributed by atoms with Crippen molar-refractivity contribution in [3.8, 4) is 0 Å². The Kier molecular flexibility index (Phi) is 7.83. The van der Waals surface area contributed by atoms with Crippen molar-refractivity contribution in [3.63, 3.8) is 0 Å². The highest BCUT2D eigenvalue weighted by atomic mass is 16.7. The molecular formula is C25H41NO5. The Balaban J connectivity index is 2.46. The van der Waals surface area contributed by atoms with Gasteiger partial charge in [0.25, 0.3) is 0 Å². The van der Waals surface area contributed by atoms with Gasteiger partial charge in [-0.15, -0.1) is 0 Å². The van der Waals surface area contributed by atoms with Crippen LogP contribution in [0.1, 0.15) is 97.3 Å². The van der Waals surface area contributed by atoms with E-state index in [0.717, 1.165) is 23.1 Å². The summed E-state index contributed by atoms with van der Waals surface area (Å²) in [6, 6.07) is 6.13. The van der Waals surface area contributed by atoms with E-state index in [4.69, 9.17) is 9.47 Å². The normalized spacial score (nSPS) is 18.1. The van der Waals surface area contributed by atoms with E-state index in [0.29, 0.717) is 19.6 Å². The van der Waals surface area contributed by atoms with Crippen LogP contribution in [0.25, 0.3) is 0 Å². The minimum atomic E-state index is -1.06. The Morgan fingerprint density at radius 1 is 1.06 bits per heavy atom. The average Bonchev–Trinajstić information content (AvgIpc) is 3.11. The van der Waals surface area contributed by atoms with Crippen molar-refractivity contribution in [2.75, 3.05) is 13.2 Å². The molecule has 1 aromatic carbocycles. The summed E-state index contributed by atoms with van der Waals surface area (Å²) in [6.45, 7) is 17.6. The molecule has 2 atom stereocenters. The van der Waals surface area contributed by atoms with Crippen molar-refractivity contribution in [2.45, 2.75) is 91.6 Å². The summed E-state index contributed by atoms with van der Waals surface area (Å²) in [7, 11) is 0. The molecule has 3 N–H and O–H groups in total. The van der Waals surface area contributed by atoms with E-state index in [1.54, 1.807) is 0 Å². The molecular weight excluding hydrogens is 394 g/mol. The molecule has 0 radical (unpaired) electrons. The third-order valence-corrected chi connectivity index (χ3v) is 5.69. The zero-order valence-corrected chi connectivity index (χ0v) is 20.4. The zero-order valence-electron chi connectivity index (χ0n) is 20.4. The molecule has 0 bridgehead atoms. The lowest BCUT2D eigenvalue weighted by Crippen LogP contribution is -2.45. The molecule has 31 heavy (non-hydrogen) atoms. The van der Waals surface area contributed by atoms with Gasteiger partial charge in [-0.1, -0.05) is 53.7 Å². The first-order valence-electron chi connectivity index (χ1n) is 11.2. The molecule has 1 aliphatic rings. The summed E-state index contributed by atoms with van der Waals surface area (Å²) in [4.78, 5) is 11.3. The van der Waals surface area contributed by atoms with E-state index in [1.807, 2.05) is 19.9 Å². The number of hydrogen-bond donors (Lipinski definition) is 3. The van der Waals surface area contributed by atoms with Crippen LogP contribution in [0.4, 0.5) is 4.79 Å². The van der Waals surface area contributed by atoms with Gasteiger partial charge in [-0.3, -0.25) is 0 Å². The van der Waals surface area contributed by atoms with E-state index in [2.05, 4.69) is 59.0 Å². The van der Waals surface area contributed by atoms with Gasteiger partial charge < -0.3 is 25.0 Å². The summed E-state index contributed by atoms with van der Waals surface area (Å²) < 4.78 is 11.6. The predicted octanol–water partition coefficient (Wildman–Crippen LogP) is 5.55. The zero-order chi connectivity index (χ0) is 23.6. The first-order valence-corrected chi connectivity index (χ1v) is 11.2. The van der Waals surface area contributed by atoms with Crippen molar-refractivity contribution in [3.05, 3.63) is 34.9 Å². The Bertz CT molecular complexity index is 754. The highest BCUT2D eigenvalue weighted by Gasteiger charge is 2.35. The van der Waals surface area contributed by atoms with Gasteiger partial charge in [-0.25, -0.2) is 4.79 Å². The third-order valence-electron chi connectivity index (χ3n) is 5.69. The van der Waals surface area contributed by atoms with Crippen LogP contribution in [0.15, 0.2) is 18.2 Å². The molecule has 1 heterocycles. The molecule has 0 spiro atoms. The van der Waals surface area contributed by atoms with Crippen molar-refractivity contribution < 1.29 is 24.5 Å². The Labute approximate surface area is 187 Å². The van der Waals surface area contributed by atoms with E-state index in [1.165, 1.54) is 0 Å². The lowest BCUT2D eigenvalue weighted by atomic mass is 9.74. The number of nitrogens with one attached hydrogen (secondary N) is 1. The molecule has 6 heteroatoms. The number of ether oxygens (including phenoxy) is 2. The fourth-order valence-electron chi connectivity index (χ4n) is 4.38. The maximum Gasteiger partial charge on any atom is 0.405 e. The molecule has 2 rings (SSSR count). The minimum absolute atomic E-state index is 0.0309. The van der Waals surface area contributed by atoms with Crippen LogP contribution in [0, 0.1) is 11.3 Å². The Morgan fingerprint density at radius 3 is 2.13 bits per heavy atom. The van der Waals surface area contributed by atoms with Crippen molar-refractivity contribution in [1.82, 2.24) is 5.32 Å². The third kappa shape index (κ3) is 7.48. The van der Waals surface area contributed by atoms with Gasteiger partial charge in [0.05, 0.1) is 19.3 Å². The smallest absolute Gasteiger partial charge is 0.405 e. The van der Waals surface area contributed by atoms with Gasteiger partial charge in [0.2, 0.25) is 0 Å². The lowest BCUT2D eigenvalue weighted by molar-refractivity contribution is -0.0473. The van der Waals surface area contributed by atoms with Crippen LogP contribution in [0.3, 0.4) is 0 Å². The van der Waals surface area contributed by atoms with Gasteiger partial charge >= 0.3 is 6.09 Å². The van der Waals surface area contributed by atoms with Crippen LogP contribution >= 0.6 is 0 Å². The largest absolute Gasteiger partial charge is 0.465 e. The number of benzene rings is 1. The topological polar surface area (TPSA) is 88.0 Å². The van der Waals surface area contributed by atoms with E-state index >= 15 is 0 Å². The molecule has 6 nitrogen and oxygen atoms in total. The molecule has 0 aromatic heterocycles. The summed E-state index contributed by atoms with van der Waals surface area (Å²) in [6.07, 6.45) is -1.08. The number of carbonyl (C=O) groups is 1. The van der Waals surface area contributed by atoms with Crippen molar-refractivity contribution >= 4 is 6.09 Å². The maximum atomic E-state index is 11.6. The second kappa shape index (κ2) is 9.47. The maximum absolute atomic E-state index is 11.6. The molecule has 0 unspecified atom stereocenters. The number of carboxylic acid groups (broad SMARTS) is 1. The number of hydrogen-bond acceptors (Lipinski definition) is 4. The molecule has 1 amide bonds. The Hall–Kier alpha value is -1.63. The van der Waals surface area contributed by atoms with Gasteiger partial charge in [0.15, 0.2) is 6.29 Å². The van der Waals surface area contributed by atoms with E-state index < -0.39 is 24.0 Å². The minimum Gasteiger partial charge on any atom is -0.465 e. The van der Waals surface area contributed by atoms with Crippen LogP contribution in [0.5, 0.6) is 0 Å². The van der Waals surface area contributed by atoms with Crippen molar-refractivity contribution in [1.29, 1.82) is 0 Å². The fourth-order valence-corrected chi connectivity index (χ4v) is 4.38. The standard InChI is InChI=1S/C25H41NO5/c1-23(2,3)14-16(15-25(7,8)26-22(28)29)20(27)18-10-9-17(24(4,5)6)13-19(18)21-30-11-12-31-21/h9-10,13,16,20-21,26-27H,11-12,14-15H2,1-8H3,(H,28,29)/t16-,20+/m1/s1. The summed E-state index contributed by atoms with van der Waals surface area (Å²) in [5, 5.41) is 23.4. The number of aliphatic hydroxyl groups is 1. The van der Waals surface area contributed by atoms with Gasteiger partial charge in [0.1, 0.15) is 0 Å². The Morgan fingerprint density at radius 2 is 1.65 bits per heavy atom. The van der Waals surface area contributed by atoms with Crippen LogP contribution in [-0.2, 0) is 14.9 Å². The molecule has 0 aliphatic carbocycles. The fraction of sp³-hybridized carbons (Fsp3) is 0.720. The van der Waals surface area contributed by atoms with E-state index in [9.17, 15) is 15.0 Å². The summed E-state index contributed by atoms with van der Waals surface area (Å²) in [5.74, 6) is -0.150. The summed E-state index contributed by atoms with van der Waals surface area (Å²) >= 11 is 0. The second-order valence-corrected chi connectivity index (χ2v) is 11.7. The first kappa shape index (κ1) is 25.6. The second-order valence-electron chi connectivity index (χ2n) is 11.7. The molecule has 1 aromatic rings. The predicted molar refractivity (Wildman–Crippen MR) is 122 cm³/mol. The first-order chi connectivity index (χ1) is 14.1. The van der Waals surface area contributed by atoms with Crippen LogP contribution < -0.4 is 5.32 Å². The molecule has 1 aliphatic heterocycles.